The first kappa shape index (κ1) is 13.7. The average molecular weight is 292 g/mol. The first-order valence-electron chi connectivity index (χ1n) is 5.62. The van der Waals surface area contributed by atoms with Gasteiger partial charge in [-0.15, -0.1) is 0 Å². The topological polar surface area (TPSA) is 83.4 Å². The Hall–Kier alpha value is -0.760. The molecule has 0 amide bonds. The van der Waals surface area contributed by atoms with Crippen molar-refractivity contribution in [2.24, 2.45) is 5.92 Å². The van der Waals surface area contributed by atoms with E-state index in [1.807, 2.05) is 0 Å². The summed E-state index contributed by atoms with van der Waals surface area (Å²) in [6, 6.07) is 0. The standard InChI is InChI=1S/C10H14ClN3O3S/c11-10-12-5-9(6-13-10)18(16,17)14-3-1-8(7-14)2-4-15/h5-6,8,15H,1-4,7H2. The number of aliphatic hydroxyl groups is 1. The van der Waals surface area contributed by atoms with Gasteiger partial charge in [-0.1, -0.05) is 0 Å². The molecule has 1 atom stereocenters. The second-order valence-corrected chi connectivity index (χ2v) is 6.49. The molecule has 1 aliphatic rings. The zero-order chi connectivity index (χ0) is 13.2. The molecule has 0 bridgehead atoms. The van der Waals surface area contributed by atoms with Gasteiger partial charge in [-0.2, -0.15) is 4.31 Å². The van der Waals surface area contributed by atoms with Gasteiger partial charge >= 0.3 is 0 Å². The molecule has 0 radical (unpaired) electrons. The Bertz CT molecular complexity index is 506. The number of aliphatic hydroxyl groups excluding tert-OH is 1. The van der Waals surface area contributed by atoms with E-state index in [2.05, 4.69) is 9.97 Å². The maximum absolute atomic E-state index is 12.2. The average Bonchev–Trinajstić information content (AvgIpc) is 2.79. The molecule has 1 aromatic heterocycles. The summed E-state index contributed by atoms with van der Waals surface area (Å²) in [6.45, 7) is 0.990. The number of rotatable bonds is 4. The van der Waals surface area contributed by atoms with Gasteiger partial charge in [0.25, 0.3) is 0 Å². The minimum Gasteiger partial charge on any atom is -0.396 e. The molecule has 0 aromatic carbocycles. The molecule has 1 aromatic rings. The number of sulfonamides is 1. The minimum absolute atomic E-state index is 0.0218. The molecule has 8 heteroatoms. The predicted molar refractivity (Wildman–Crippen MR) is 65.6 cm³/mol. The maximum atomic E-state index is 12.2. The second kappa shape index (κ2) is 5.48. The van der Waals surface area contributed by atoms with Gasteiger partial charge in [0.05, 0.1) is 12.4 Å². The van der Waals surface area contributed by atoms with Crippen LogP contribution in [0.25, 0.3) is 0 Å². The lowest BCUT2D eigenvalue weighted by atomic mass is 10.1. The first-order chi connectivity index (χ1) is 8.54. The lowest BCUT2D eigenvalue weighted by molar-refractivity contribution is 0.259. The van der Waals surface area contributed by atoms with Gasteiger partial charge in [-0.3, -0.25) is 0 Å². The zero-order valence-electron chi connectivity index (χ0n) is 9.66. The van der Waals surface area contributed by atoms with Gasteiger partial charge in [0.2, 0.25) is 15.3 Å². The van der Waals surface area contributed by atoms with Crippen LogP contribution in [0.2, 0.25) is 5.28 Å². The van der Waals surface area contributed by atoms with Crippen molar-refractivity contribution < 1.29 is 13.5 Å². The van der Waals surface area contributed by atoms with Crippen molar-refractivity contribution in [1.29, 1.82) is 0 Å². The van der Waals surface area contributed by atoms with Crippen LogP contribution < -0.4 is 0 Å². The number of nitrogens with zero attached hydrogens (tertiary/aromatic N) is 3. The molecular formula is C10H14ClN3O3S. The Morgan fingerprint density at radius 3 is 2.72 bits per heavy atom. The molecule has 2 rings (SSSR count). The molecule has 1 unspecified atom stereocenters. The smallest absolute Gasteiger partial charge is 0.246 e. The van der Waals surface area contributed by atoms with Crippen LogP contribution in [-0.4, -0.2) is 47.5 Å². The van der Waals surface area contributed by atoms with Crippen molar-refractivity contribution in [3.63, 3.8) is 0 Å². The van der Waals surface area contributed by atoms with Gasteiger partial charge in [0.1, 0.15) is 4.90 Å². The highest BCUT2D eigenvalue weighted by Gasteiger charge is 2.32. The van der Waals surface area contributed by atoms with E-state index < -0.39 is 10.0 Å². The SMILES string of the molecule is O=S(=O)(c1cnc(Cl)nc1)N1CCC(CCO)C1. The zero-order valence-corrected chi connectivity index (χ0v) is 11.2. The van der Waals surface area contributed by atoms with Crippen molar-refractivity contribution in [3.05, 3.63) is 17.7 Å². The lowest BCUT2D eigenvalue weighted by Gasteiger charge is -2.15. The normalized spacial score (nSPS) is 21.3. The highest BCUT2D eigenvalue weighted by atomic mass is 35.5. The molecule has 0 spiro atoms. The van der Waals surface area contributed by atoms with Crippen molar-refractivity contribution in [2.75, 3.05) is 19.7 Å². The highest BCUT2D eigenvalue weighted by molar-refractivity contribution is 7.89. The minimum atomic E-state index is -3.54. The van der Waals surface area contributed by atoms with Gasteiger partial charge in [-0.25, -0.2) is 18.4 Å². The fourth-order valence-corrected chi connectivity index (χ4v) is 3.54. The summed E-state index contributed by atoms with van der Waals surface area (Å²) in [6.07, 6.45) is 3.82. The summed E-state index contributed by atoms with van der Waals surface area (Å²) in [4.78, 5) is 7.41. The molecule has 1 fully saturated rings. The van der Waals surface area contributed by atoms with Crippen LogP contribution >= 0.6 is 11.6 Å². The lowest BCUT2D eigenvalue weighted by Crippen LogP contribution is -2.29. The molecular weight excluding hydrogens is 278 g/mol. The fraction of sp³-hybridized carbons (Fsp3) is 0.600. The molecule has 1 aliphatic heterocycles. The third-order valence-corrected chi connectivity index (χ3v) is 5.03. The fourth-order valence-electron chi connectivity index (χ4n) is 2.02. The van der Waals surface area contributed by atoms with E-state index in [0.717, 1.165) is 6.42 Å². The van der Waals surface area contributed by atoms with Gasteiger partial charge in [0.15, 0.2) is 0 Å². The summed E-state index contributed by atoms with van der Waals surface area (Å²) in [5.74, 6) is 0.220. The van der Waals surface area contributed by atoms with Crippen LogP contribution in [0, 0.1) is 5.92 Å². The van der Waals surface area contributed by atoms with E-state index >= 15 is 0 Å². The van der Waals surface area contributed by atoms with E-state index in [9.17, 15) is 8.42 Å². The first-order valence-corrected chi connectivity index (χ1v) is 7.44. The molecule has 100 valence electrons. The number of hydrogen-bond donors (Lipinski definition) is 1. The van der Waals surface area contributed by atoms with E-state index in [0.29, 0.717) is 19.5 Å². The molecule has 0 aliphatic carbocycles. The molecule has 1 saturated heterocycles. The summed E-state index contributed by atoms with van der Waals surface area (Å²) >= 11 is 5.53. The van der Waals surface area contributed by atoms with Crippen LogP contribution in [0.4, 0.5) is 0 Å². The number of aromatic nitrogens is 2. The van der Waals surface area contributed by atoms with Gasteiger partial charge in [-0.05, 0) is 30.4 Å². The van der Waals surface area contributed by atoms with Crippen LogP contribution in [0.1, 0.15) is 12.8 Å². The van der Waals surface area contributed by atoms with Crippen LogP contribution in [0.15, 0.2) is 17.3 Å². The van der Waals surface area contributed by atoms with Gasteiger partial charge in [0, 0.05) is 19.7 Å². The molecule has 6 nitrogen and oxygen atoms in total. The Morgan fingerprint density at radius 1 is 1.44 bits per heavy atom. The molecule has 0 saturated carbocycles. The summed E-state index contributed by atoms with van der Waals surface area (Å²) < 4.78 is 25.9. The largest absolute Gasteiger partial charge is 0.396 e. The van der Waals surface area contributed by atoms with E-state index in [1.165, 1.54) is 16.7 Å². The Kier molecular flexibility index (Phi) is 4.16. The third-order valence-electron chi connectivity index (χ3n) is 3.02. The maximum Gasteiger partial charge on any atom is 0.246 e. The van der Waals surface area contributed by atoms with Crippen LogP contribution in [0.5, 0.6) is 0 Å². The van der Waals surface area contributed by atoms with Crippen molar-refractivity contribution in [2.45, 2.75) is 17.7 Å². The molecule has 1 N–H and O–H groups in total. The summed E-state index contributed by atoms with van der Waals surface area (Å²) in [5.41, 5.74) is 0. The molecule has 18 heavy (non-hydrogen) atoms. The van der Waals surface area contributed by atoms with Crippen molar-refractivity contribution in [3.8, 4) is 0 Å². The Balaban J connectivity index is 2.15. The summed E-state index contributed by atoms with van der Waals surface area (Å²) in [5, 5.41) is 8.88. The third kappa shape index (κ3) is 2.80. The Labute approximate surface area is 111 Å². The number of hydrogen-bond acceptors (Lipinski definition) is 5. The van der Waals surface area contributed by atoms with E-state index in [-0.39, 0.29) is 22.7 Å². The van der Waals surface area contributed by atoms with Gasteiger partial charge < -0.3 is 5.11 Å². The quantitative estimate of drug-likeness (QED) is 0.818. The highest BCUT2D eigenvalue weighted by Crippen LogP contribution is 2.25. The van der Waals surface area contributed by atoms with Crippen molar-refractivity contribution >= 4 is 21.6 Å². The van der Waals surface area contributed by atoms with Crippen LogP contribution in [-0.2, 0) is 10.0 Å². The van der Waals surface area contributed by atoms with Crippen molar-refractivity contribution in [1.82, 2.24) is 14.3 Å². The number of halogens is 1. The summed E-state index contributed by atoms with van der Waals surface area (Å²) in [7, 11) is -3.54. The van der Waals surface area contributed by atoms with Crippen LogP contribution in [0.3, 0.4) is 0 Å². The predicted octanol–water partition coefficient (Wildman–Crippen LogP) is 0.523. The molecule has 2 heterocycles. The van der Waals surface area contributed by atoms with E-state index in [4.69, 9.17) is 16.7 Å². The second-order valence-electron chi connectivity index (χ2n) is 4.22. The van der Waals surface area contributed by atoms with E-state index in [1.54, 1.807) is 0 Å². The monoisotopic (exact) mass is 291 g/mol. The Morgan fingerprint density at radius 2 is 2.11 bits per heavy atom.